The Morgan fingerprint density at radius 2 is 2.00 bits per heavy atom. The van der Waals surface area contributed by atoms with Crippen molar-refractivity contribution >= 4 is 30.6 Å². The first kappa shape index (κ1) is 13.2. The predicted molar refractivity (Wildman–Crippen MR) is 74.4 cm³/mol. The second-order valence-electron chi connectivity index (χ2n) is 4.38. The van der Waals surface area contributed by atoms with Crippen molar-refractivity contribution in [2.24, 2.45) is 0 Å². The van der Waals surface area contributed by atoms with Crippen molar-refractivity contribution in [3.63, 3.8) is 0 Å². The van der Waals surface area contributed by atoms with Gasteiger partial charge in [0.05, 0.1) is 0 Å². The number of halogens is 1. The molecule has 0 N–H and O–H groups in total. The van der Waals surface area contributed by atoms with Crippen LogP contribution in [0.4, 0.5) is 0 Å². The molecule has 1 aromatic carbocycles. The van der Waals surface area contributed by atoms with Gasteiger partial charge in [-0.3, -0.25) is 0 Å². The third-order valence-electron chi connectivity index (χ3n) is 2.71. The van der Waals surface area contributed by atoms with Crippen molar-refractivity contribution in [2.75, 3.05) is 0 Å². The highest BCUT2D eigenvalue weighted by Crippen LogP contribution is 2.27. The number of benzene rings is 1. The Kier molecular flexibility index (Phi) is 3.50. The van der Waals surface area contributed by atoms with Gasteiger partial charge in [-0.05, 0) is 19.9 Å². The van der Waals surface area contributed by atoms with Gasteiger partial charge in [0.2, 0.25) is 0 Å². The maximum absolute atomic E-state index is 11.5. The van der Waals surface area contributed by atoms with Gasteiger partial charge in [0.1, 0.15) is 4.90 Å². The van der Waals surface area contributed by atoms with E-state index in [1.54, 1.807) is 18.3 Å². The lowest BCUT2D eigenvalue weighted by molar-refractivity contribution is 0.610. The van der Waals surface area contributed by atoms with Crippen molar-refractivity contribution in [3.05, 3.63) is 42.1 Å². The van der Waals surface area contributed by atoms with E-state index < -0.39 is 9.05 Å². The van der Waals surface area contributed by atoms with E-state index in [2.05, 4.69) is 0 Å². The Balaban J connectivity index is 2.66. The molecule has 0 saturated carbocycles. The van der Waals surface area contributed by atoms with E-state index in [-0.39, 0.29) is 4.90 Å². The van der Waals surface area contributed by atoms with E-state index in [1.165, 1.54) is 5.57 Å². The summed E-state index contributed by atoms with van der Waals surface area (Å²) in [6.07, 6.45) is 3.63. The van der Waals surface area contributed by atoms with Gasteiger partial charge in [-0.25, -0.2) is 8.42 Å². The zero-order valence-electron chi connectivity index (χ0n) is 10.2. The molecular weight excluding hydrogens is 270 g/mol. The summed E-state index contributed by atoms with van der Waals surface area (Å²) in [5.41, 5.74) is 2.05. The molecule has 0 bridgehead atoms. The number of para-hydroxylation sites is 1. The van der Waals surface area contributed by atoms with Gasteiger partial charge in [0.25, 0.3) is 9.05 Å². The average molecular weight is 284 g/mol. The second-order valence-corrected chi connectivity index (χ2v) is 6.92. The highest BCUT2D eigenvalue weighted by molar-refractivity contribution is 8.14. The molecule has 2 aromatic rings. The molecule has 1 aromatic heterocycles. The summed E-state index contributed by atoms with van der Waals surface area (Å²) in [6.45, 7) is 4.64. The normalized spacial score (nSPS) is 11.7. The molecule has 96 valence electrons. The highest BCUT2D eigenvalue weighted by atomic mass is 35.7. The summed E-state index contributed by atoms with van der Waals surface area (Å²) in [4.78, 5) is 0.168. The molecule has 0 aliphatic rings. The summed E-state index contributed by atoms with van der Waals surface area (Å²) in [5.74, 6) is 0. The quantitative estimate of drug-likeness (QED) is 0.638. The molecule has 3 nitrogen and oxygen atoms in total. The zero-order valence-corrected chi connectivity index (χ0v) is 11.8. The third kappa shape index (κ3) is 2.60. The van der Waals surface area contributed by atoms with Crippen molar-refractivity contribution in [1.29, 1.82) is 0 Å². The SMILES string of the molecule is CC(C)=CCn1cc(S(=O)(=O)Cl)c2ccccc21. The van der Waals surface area contributed by atoms with Crippen LogP contribution in [-0.4, -0.2) is 13.0 Å². The first-order chi connectivity index (χ1) is 8.39. The van der Waals surface area contributed by atoms with E-state index in [9.17, 15) is 8.42 Å². The van der Waals surface area contributed by atoms with E-state index in [4.69, 9.17) is 10.7 Å². The lowest BCUT2D eigenvalue weighted by atomic mass is 10.2. The number of hydrogen-bond donors (Lipinski definition) is 0. The zero-order chi connectivity index (χ0) is 13.3. The van der Waals surface area contributed by atoms with E-state index in [1.807, 2.05) is 36.6 Å². The van der Waals surface area contributed by atoms with Crippen LogP contribution < -0.4 is 0 Å². The second kappa shape index (κ2) is 4.78. The van der Waals surface area contributed by atoms with Crippen LogP contribution in [0.25, 0.3) is 10.9 Å². The standard InChI is InChI=1S/C13H14ClNO2S/c1-10(2)7-8-15-9-13(18(14,16)17)11-5-3-4-6-12(11)15/h3-7,9H,8H2,1-2H3. The summed E-state index contributed by atoms with van der Waals surface area (Å²) in [5, 5.41) is 0.662. The number of hydrogen-bond acceptors (Lipinski definition) is 2. The first-order valence-corrected chi connectivity index (χ1v) is 7.86. The molecule has 1 heterocycles. The number of nitrogens with zero attached hydrogens (tertiary/aromatic N) is 1. The molecule has 0 fully saturated rings. The van der Waals surface area contributed by atoms with Gasteiger partial charge in [0.15, 0.2) is 0 Å². The monoisotopic (exact) mass is 283 g/mol. The molecule has 0 amide bonds. The largest absolute Gasteiger partial charge is 0.342 e. The molecule has 2 rings (SSSR count). The molecule has 0 atom stereocenters. The Morgan fingerprint density at radius 1 is 1.33 bits per heavy atom. The molecule has 0 spiro atoms. The van der Waals surface area contributed by atoms with E-state index in [0.29, 0.717) is 11.9 Å². The smallest absolute Gasteiger partial charge is 0.263 e. The Morgan fingerprint density at radius 3 is 2.61 bits per heavy atom. The fourth-order valence-electron chi connectivity index (χ4n) is 1.84. The van der Waals surface area contributed by atoms with Gasteiger partial charge < -0.3 is 4.57 Å². The van der Waals surface area contributed by atoms with Gasteiger partial charge in [0, 0.05) is 34.3 Å². The third-order valence-corrected chi connectivity index (χ3v) is 4.06. The fraction of sp³-hybridized carbons (Fsp3) is 0.231. The number of rotatable bonds is 3. The molecule has 0 aliphatic carbocycles. The van der Waals surface area contributed by atoms with Crippen LogP contribution in [0.2, 0.25) is 0 Å². The Hall–Kier alpha value is -1.26. The minimum Gasteiger partial charge on any atom is -0.342 e. The van der Waals surface area contributed by atoms with Gasteiger partial charge in [-0.15, -0.1) is 0 Å². The van der Waals surface area contributed by atoms with Crippen molar-refractivity contribution in [2.45, 2.75) is 25.3 Å². The maximum atomic E-state index is 11.5. The lowest BCUT2D eigenvalue weighted by Gasteiger charge is -2.00. The van der Waals surface area contributed by atoms with Crippen LogP contribution in [0.15, 0.2) is 47.0 Å². The van der Waals surface area contributed by atoms with Gasteiger partial charge >= 0.3 is 0 Å². The number of aromatic nitrogens is 1. The van der Waals surface area contributed by atoms with Crippen LogP contribution in [-0.2, 0) is 15.6 Å². The molecule has 0 aliphatic heterocycles. The summed E-state index contributed by atoms with van der Waals surface area (Å²) in [6, 6.07) is 7.34. The average Bonchev–Trinajstić information content (AvgIpc) is 2.65. The van der Waals surface area contributed by atoms with Crippen LogP contribution in [0.5, 0.6) is 0 Å². The number of allylic oxidation sites excluding steroid dienone is 2. The van der Waals surface area contributed by atoms with Crippen LogP contribution >= 0.6 is 10.7 Å². The Bertz CT molecular complexity index is 710. The van der Waals surface area contributed by atoms with Crippen molar-refractivity contribution in [1.82, 2.24) is 4.57 Å². The lowest BCUT2D eigenvalue weighted by Crippen LogP contribution is -1.93. The van der Waals surface area contributed by atoms with Gasteiger partial charge in [-0.2, -0.15) is 0 Å². The molecular formula is C13H14ClNO2S. The highest BCUT2D eigenvalue weighted by Gasteiger charge is 2.17. The Labute approximate surface area is 111 Å². The molecule has 5 heteroatoms. The summed E-state index contributed by atoms with van der Waals surface area (Å²) in [7, 11) is 1.74. The summed E-state index contributed by atoms with van der Waals surface area (Å²) < 4.78 is 25.0. The predicted octanol–water partition coefficient (Wildman–Crippen LogP) is 3.54. The summed E-state index contributed by atoms with van der Waals surface area (Å²) >= 11 is 0. The van der Waals surface area contributed by atoms with Crippen LogP contribution in [0, 0.1) is 0 Å². The van der Waals surface area contributed by atoms with E-state index >= 15 is 0 Å². The molecule has 0 radical (unpaired) electrons. The molecule has 18 heavy (non-hydrogen) atoms. The van der Waals surface area contributed by atoms with Crippen molar-refractivity contribution in [3.8, 4) is 0 Å². The minimum absolute atomic E-state index is 0.168. The van der Waals surface area contributed by atoms with Crippen LogP contribution in [0.1, 0.15) is 13.8 Å². The number of fused-ring (bicyclic) bond motifs is 1. The van der Waals surface area contributed by atoms with E-state index in [0.717, 1.165) is 5.52 Å². The molecule has 0 saturated heterocycles. The fourth-order valence-corrected chi connectivity index (χ4v) is 2.90. The topological polar surface area (TPSA) is 39.1 Å². The first-order valence-electron chi connectivity index (χ1n) is 5.55. The minimum atomic E-state index is -3.72. The molecule has 0 unspecified atom stereocenters. The maximum Gasteiger partial charge on any atom is 0.263 e. The van der Waals surface area contributed by atoms with Gasteiger partial charge in [-0.1, -0.05) is 29.8 Å². The van der Waals surface area contributed by atoms with Crippen LogP contribution in [0.3, 0.4) is 0 Å². The van der Waals surface area contributed by atoms with Crippen molar-refractivity contribution < 1.29 is 8.42 Å².